The van der Waals surface area contributed by atoms with E-state index in [0.717, 1.165) is 61.2 Å². The Morgan fingerprint density at radius 1 is 0.536 bits per heavy atom. The van der Waals surface area contributed by atoms with Gasteiger partial charge in [-0.05, 0) is 109 Å². The molecule has 3 aliphatic rings. The first-order chi connectivity index (χ1) is 27.2. The Bertz CT molecular complexity index is 1740. The molecular weight excluding hydrogens is 761 g/mol. The molecule has 6 atom stereocenters. The van der Waals surface area contributed by atoms with Crippen molar-refractivity contribution in [3.63, 3.8) is 0 Å². The van der Waals surface area contributed by atoms with Crippen LogP contribution >= 0.6 is 46.2 Å². The van der Waals surface area contributed by atoms with Crippen LogP contribution in [-0.4, -0.2) is 23.7 Å². The molecule has 0 bridgehead atoms. The van der Waals surface area contributed by atoms with Crippen molar-refractivity contribution in [3.05, 3.63) is 91.3 Å². The van der Waals surface area contributed by atoms with Gasteiger partial charge >= 0.3 is 0 Å². The molecule has 2 aromatic heterocycles. The lowest BCUT2D eigenvalue weighted by Crippen LogP contribution is -2.28. The van der Waals surface area contributed by atoms with Crippen LogP contribution in [0.5, 0.6) is 11.5 Å². The number of ether oxygens (including phenoxy) is 2. The summed E-state index contributed by atoms with van der Waals surface area (Å²) in [5, 5.41) is 1.43. The summed E-state index contributed by atoms with van der Waals surface area (Å²) < 4.78 is 12.2. The normalized spacial score (nSPS) is 21.1. The predicted octanol–water partition coefficient (Wildman–Crippen LogP) is 16.2. The van der Waals surface area contributed by atoms with Crippen molar-refractivity contribution in [2.75, 3.05) is 13.2 Å². The monoisotopic (exact) mass is 824 g/mol. The van der Waals surface area contributed by atoms with E-state index in [1.807, 2.05) is 22.7 Å². The van der Waals surface area contributed by atoms with Crippen molar-refractivity contribution in [1.29, 1.82) is 0 Å². The molecule has 0 radical (unpaired) electrons. The van der Waals surface area contributed by atoms with Gasteiger partial charge in [0.2, 0.25) is 0 Å². The van der Waals surface area contributed by atoms with Gasteiger partial charge in [-0.1, -0.05) is 116 Å². The Kier molecular flexibility index (Phi) is 15.0. The fourth-order valence-corrected chi connectivity index (χ4v) is 14.6. The average molecular weight is 825 g/mol. The molecule has 2 aromatic carbocycles. The molecule has 2 nitrogen and oxygen atoms in total. The zero-order chi connectivity index (χ0) is 39.0. The molecule has 0 N–H and O–H groups in total. The number of fused-ring (bicyclic) bond motifs is 6. The zero-order valence-electron chi connectivity index (χ0n) is 34.6. The molecule has 6 unspecified atom stereocenters. The van der Waals surface area contributed by atoms with Crippen LogP contribution in [0.3, 0.4) is 0 Å². The number of hydrogen-bond donors (Lipinski definition) is 0. The minimum atomic E-state index is 0.698. The first-order valence-corrected chi connectivity index (χ1v) is 25.0. The molecule has 0 spiro atoms. The highest BCUT2D eigenvalue weighted by molar-refractivity contribution is 8.01. The van der Waals surface area contributed by atoms with Crippen molar-refractivity contribution in [1.82, 2.24) is 0 Å². The molecule has 4 aromatic rings. The molecule has 0 saturated heterocycles. The molecule has 4 heterocycles. The van der Waals surface area contributed by atoms with Crippen molar-refractivity contribution < 1.29 is 9.47 Å². The van der Waals surface area contributed by atoms with E-state index in [4.69, 9.17) is 9.47 Å². The number of benzene rings is 2. The second-order valence-electron chi connectivity index (χ2n) is 17.7. The first-order valence-electron chi connectivity index (χ1n) is 21.6. The number of rotatable bonds is 20. The predicted molar refractivity (Wildman–Crippen MR) is 249 cm³/mol. The topological polar surface area (TPSA) is 18.5 Å². The molecule has 1 saturated carbocycles. The molecule has 2 aliphatic heterocycles. The van der Waals surface area contributed by atoms with E-state index >= 15 is 0 Å². The molecule has 1 aliphatic carbocycles. The highest BCUT2D eigenvalue weighted by atomic mass is 32.2. The molecule has 7 rings (SSSR count). The van der Waals surface area contributed by atoms with Crippen LogP contribution in [0.4, 0.5) is 0 Å². The molecule has 1 fully saturated rings. The lowest BCUT2D eigenvalue weighted by atomic mass is 9.80. The highest BCUT2D eigenvalue weighted by Gasteiger charge is 2.48. The van der Waals surface area contributed by atoms with Crippen LogP contribution in [0.1, 0.15) is 148 Å². The van der Waals surface area contributed by atoms with Crippen molar-refractivity contribution in [3.8, 4) is 11.5 Å². The van der Waals surface area contributed by atoms with Crippen LogP contribution in [0.15, 0.2) is 70.5 Å². The summed E-state index contributed by atoms with van der Waals surface area (Å²) in [6.45, 7) is 15.6. The van der Waals surface area contributed by atoms with Gasteiger partial charge in [0.05, 0.1) is 13.2 Å². The van der Waals surface area contributed by atoms with Crippen molar-refractivity contribution >= 4 is 70.5 Å². The Balaban J connectivity index is 0.851. The second-order valence-corrected chi connectivity index (χ2v) is 22.5. The van der Waals surface area contributed by atoms with E-state index in [-0.39, 0.29) is 0 Å². The van der Waals surface area contributed by atoms with E-state index < -0.39 is 0 Å². The maximum atomic E-state index is 6.09. The van der Waals surface area contributed by atoms with Crippen LogP contribution in [0, 0.1) is 23.7 Å². The van der Waals surface area contributed by atoms with Gasteiger partial charge in [0.1, 0.15) is 11.5 Å². The minimum absolute atomic E-state index is 0.698. The van der Waals surface area contributed by atoms with Crippen molar-refractivity contribution in [2.45, 2.75) is 138 Å². The fraction of sp³-hybridized carbons (Fsp3) is 0.520. The van der Waals surface area contributed by atoms with E-state index in [2.05, 4.69) is 150 Å². The summed E-state index contributed by atoms with van der Waals surface area (Å²) in [7, 11) is 0. The molecule has 300 valence electrons. The third kappa shape index (κ3) is 11.4. The van der Waals surface area contributed by atoms with Gasteiger partial charge < -0.3 is 9.47 Å². The Morgan fingerprint density at radius 2 is 0.946 bits per heavy atom. The Hall–Kier alpha value is -2.38. The number of thioether (sulfide) groups is 2. The smallest absolute Gasteiger partial charge is 0.119 e. The SMILES string of the molecule is CC(C)CCCC(C)CCOc1ccc(/C=C/c2cc3c(s2)C2CC4Sc5cc(/C=C/c6ccc(OCCC(C)CCCC(C)C)cc6)sc5C4CC2S3)cc1. The lowest BCUT2D eigenvalue weighted by Gasteiger charge is -2.33. The quantitative estimate of drug-likeness (QED) is 0.0883. The summed E-state index contributed by atoms with van der Waals surface area (Å²) in [5.74, 6) is 6.41. The molecule has 56 heavy (non-hydrogen) atoms. The largest absolute Gasteiger partial charge is 0.494 e. The summed E-state index contributed by atoms with van der Waals surface area (Å²) in [4.78, 5) is 9.11. The van der Waals surface area contributed by atoms with Crippen LogP contribution in [0.2, 0.25) is 0 Å². The standard InChI is InChI=1S/C50H64O2S4/c1-33(2)9-7-11-35(5)25-27-51-39-19-13-37(14-20-39)17-23-41-29-47-49(53-41)43-31-46-44(32-45(43)55-47)50-48(56-46)30-42(54-50)24-18-38-15-21-40(22-16-38)52-28-26-36(6)12-8-10-34(3)4/h13-24,29-30,33-36,43-46H,7-12,25-28,31-32H2,1-6H3/b23-17+,24-18+. The second kappa shape index (κ2) is 20.1. The van der Waals surface area contributed by atoms with E-state index in [1.165, 1.54) is 82.0 Å². The summed E-state index contributed by atoms with van der Waals surface area (Å²) in [6.07, 6.45) is 22.0. The maximum absolute atomic E-state index is 6.09. The van der Waals surface area contributed by atoms with Gasteiger partial charge in [0, 0.05) is 51.6 Å². The van der Waals surface area contributed by atoms with Crippen LogP contribution < -0.4 is 9.47 Å². The maximum Gasteiger partial charge on any atom is 0.119 e. The van der Waals surface area contributed by atoms with E-state index in [0.29, 0.717) is 22.3 Å². The van der Waals surface area contributed by atoms with Crippen molar-refractivity contribution in [2.24, 2.45) is 23.7 Å². The Labute approximate surface area is 355 Å². The van der Waals surface area contributed by atoms with Gasteiger partial charge in [-0.3, -0.25) is 0 Å². The third-order valence-corrected chi connectivity index (χ3v) is 17.5. The van der Waals surface area contributed by atoms with E-state index in [1.54, 1.807) is 9.75 Å². The fourth-order valence-electron chi connectivity index (χ4n) is 8.45. The highest BCUT2D eigenvalue weighted by Crippen LogP contribution is 2.64. The molecular formula is C50H64O2S4. The number of hydrogen-bond acceptors (Lipinski definition) is 6. The van der Waals surface area contributed by atoms with Gasteiger partial charge in [-0.25, -0.2) is 0 Å². The average Bonchev–Trinajstić information content (AvgIpc) is 3.92. The van der Waals surface area contributed by atoms with Gasteiger partial charge in [-0.2, -0.15) is 0 Å². The van der Waals surface area contributed by atoms with Gasteiger partial charge in [-0.15, -0.1) is 46.2 Å². The Morgan fingerprint density at radius 3 is 1.34 bits per heavy atom. The van der Waals surface area contributed by atoms with Gasteiger partial charge in [0.15, 0.2) is 0 Å². The van der Waals surface area contributed by atoms with E-state index in [9.17, 15) is 0 Å². The molecule has 0 amide bonds. The molecule has 6 heteroatoms. The minimum Gasteiger partial charge on any atom is -0.494 e. The lowest BCUT2D eigenvalue weighted by molar-refractivity contribution is 0.275. The number of thiophene rings is 2. The van der Waals surface area contributed by atoms with Crippen LogP contribution in [0.25, 0.3) is 24.3 Å². The first kappa shape index (κ1) is 41.8. The van der Waals surface area contributed by atoms with Gasteiger partial charge in [0.25, 0.3) is 0 Å². The third-order valence-electron chi connectivity index (χ3n) is 11.9. The summed E-state index contributed by atoms with van der Waals surface area (Å²) >= 11 is 8.38. The summed E-state index contributed by atoms with van der Waals surface area (Å²) in [5.41, 5.74) is 2.46. The summed E-state index contributed by atoms with van der Waals surface area (Å²) in [6, 6.07) is 22.2. The zero-order valence-corrected chi connectivity index (χ0v) is 37.9. The van der Waals surface area contributed by atoms with Crippen LogP contribution in [-0.2, 0) is 0 Å².